The molecule has 0 aliphatic heterocycles. The summed E-state index contributed by atoms with van der Waals surface area (Å²) in [4.78, 5) is 14.7. The number of hydrogen-bond acceptors (Lipinski definition) is 5. The third-order valence-electron chi connectivity index (χ3n) is 1.31. The molecule has 0 fully saturated rings. The first-order valence-corrected chi connectivity index (χ1v) is 4.72. The molecule has 0 saturated carbocycles. The smallest absolute Gasteiger partial charge is 1.00 e. The molecule has 15 heavy (non-hydrogen) atoms. The molecule has 1 aromatic rings. The van der Waals surface area contributed by atoms with Gasteiger partial charge in [-0.15, -0.1) is 0 Å². The number of halogens is 1. The minimum Gasteiger partial charge on any atom is -1.00 e. The van der Waals surface area contributed by atoms with E-state index >= 15 is 0 Å². The molecule has 0 bridgehead atoms. The Balaban J connectivity index is 0. The van der Waals surface area contributed by atoms with Crippen molar-refractivity contribution in [3.05, 3.63) is 29.0 Å². The Labute approximate surface area is 148 Å². The standard InChI is InChI=1S/C7H7ClN2O2S2.K.H/c8-6-2-1-5(3-9-6)4-12-7(11)10(13)14;;/h1-3,13-14H,4H2;;/q;+1;-1. The van der Waals surface area contributed by atoms with Crippen molar-refractivity contribution < 1.29 is 62.3 Å². The molecule has 0 unspecified atom stereocenters. The van der Waals surface area contributed by atoms with Gasteiger partial charge in [0.15, 0.2) is 0 Å². The van der Waals surface area contributed by atoms with Gasteiger partial charge in [0.05, 0.1) is 0 Å². The third kappa shape index (κ3) is 6.37. The van der Waals surface area contributed by atoms with Gasteiger partial charge in [-0.3, -0.25) is 0 Å². The maximum Gasteiger partial charge on any atom is 1.00 e. The minimum absolute atomic E-state index is 0. The number of pyridine rings is 1. The summed E-state index contributed by atoms with van der Waals surface area (Å²) < 4.78 is 5.53. The average molecular weight is 291 g/mol. The number of hydrogen-bond donors (Lipinski definition) is 2. The van der Waals surface area contributed by atoms with E-state index in [2.05, 4.69) is 30.6 Å². The molecule has 0 N–H and O–H groups in total. The molecule has 0 spiro atoms. The second-order valence-electron chi connectivity index (χ2n) is 2.33. The van der Waals surface area contributed by atoms with Crippen LogP contribution in [0.2, 0.25) is 5.15 Å². The molecule has 0 aliphatic carbocycles. The number of ether oxygens (including phenoxy) is 1. The normalized spacial score (nSPS) is 9.00. The van der Waals surface area contributed by atoms with Gasteiger partial charge in [0, 0.05) is 11.8 Å². The van der Waals surface area contributed by atoms with Crippen LogP contribution in [0, 0.1) is 0 Å². The summed E-state index contributed by atoms with van der Waals surface area (Å²) in [6.45, 7) is 0.112. The van der Waals surface area contributed by atoms with Crippen molar-refractivity contribution in [2.45, 2.75) is 6.61 Å². The van der Waals surface area contributed by atoms with E-state index < -0.39 is 6.09 Å². The summed E-state index contributed by atoms with van der Waals surface area (Å²) in [6, 6.07) is 3.33. The molecule has 0 saturated heterocycles. The summed E-state index contributed by atoms with van der Waals surface area (Å²) in [6.07, 6.45) is 0.878. The van der Waals surface area contributed by atoms with Crippen LogP contribution in [-0.2, 0) is 11.3 Å². The molecule has 8 heteroatoms. The molecule has 0 atom stereocenters. The maximum absolute atomic E-state index is 10.9. The predicted molar refractivity (Wildman–Crippen MR) is 60.4 cm³/mol. The first kappa shape index (κ1) is 16.0. The largest absolute Gasteiger partial charge is 1.00 e. The molecular formula is C7H8ClKN2O2S2. The Morgan fingerprint density at radius 1 is 1.60 bits per heavy atom. The number of aromatic nitrogens is 1. The van der Waals surface area contributed by atoms with Gasteiger partial charge in [-0.05, 0) is 31.7 Å². The molecule has 78 valence electrons. The second-order valence-corrected chi connectivity index (χ2v) is 3.84. The summed E-state index contributed by atoms with van der Waals surface area (Å²) in [5.74, 6) is 0. The molecule has 0 aromatic carbocycles. The van der Waals surface area contributed by atoms with E-state index in [-0.39, 0.29) is 59.4 Å². The van der Waals surface area contributed by atoms with Gasteiger partial charge in [0.1, 0.15) is 11.8 Å². The fourth-order valence-electron chi connectivity index (χ4n) is 0.695. The zero-order valence-corrected chi connectivity index (χ0v) is 13.6. The van der Waals surface area contributed by atoms with Gasteiger partial charge in [0.25, 0.3) is 0 Å². The maximum atomic E-state index is 10.9. The van der Waals surface area contributed by atoms with Crippen molar-refractivity contribution in [2.24, 2.45) is 0 Å². The molecule has 0 radical (unpaired) electrons. The van der Waals surface area contributed by atoms with Crippen molar-refractivity contribution in [1.82, 2.24) is 8.69 Å². The number of nitrogens with zero attached hydrogens (tertiary/aromatic N) is 2. The summed E-state index contributed by atoms with van der Waals surface area (Å²) in [5, 5.41) is 0.394. The van der Waals surface area contributed by atoms with Crippen LogP contribution < -0.4 is 51.4 Å². The van der Waals surface area contributed by atoms with E-state index in [1.165, 1.54) is 6.20 Å². The van der Waals surface area contributed by atoms with Crippen LogP contribution in [0.25, 0.3) is 0 Å². The zero-order chi connectivity index (χ0) is 10.6. The SMILES string of the molecule is O=C(OCc1ccc(Cl)nc1)N(S)S.[H-].[K+]. The van der Waals surface area contributed by atoms with E-state index in [1.807, 2.05) is 0 Å². The molecule has 4 nitrogen and oxygen atoms in total. The fraction of sp³-hybridized carbons (Fsp3) is 0.143. The fourth-order valence-corrected chi connectivity index (χ4v) is 0.922. The molecule has 1 amide bonds. The number of carbonyl (C=O) groups is 1. The van der Waals surface area contributed by atoms with Gasteiger partial charge >= 0.3 is 57.5 Å². The van der Waals surface area contributed by atoms with Crippen molar-refractivity contribution in [1.29, 1.82) is 0 Å². The van der Waals surface area contributed by atoms with Crippen LogP contribution in [-0.4, -0.2) is 14.8 Å². The quantitative estimate of drug-likeness (QED) is 0.438. The first-order chi connectivity index (χ1) is 6.59. The van der Waals surface area contributed by atoms with Crippen molar-refractivity contribution in [2.75, 3.05) is 0 Å². The number of carbonyl (C=O) groups excluding carboxylic acids is 1. The molecule has 1 heterocycles. The Morgan fingerprint density at radius 3 is 2.73 bits per heavy atom. The molecule has 0 aliphatic rings. The summed E-state index contributed by atoms with van der Waals surface area (Å²) in [5.41, 5.74) is 0.742. The van der Waals surface area contributed by atoms with Crippen LogP contribution in [0.1, 0.15) is 6.99 Å². The van der Waals surface area contributed by atoms with E-state index in [9.17, 15) is 4.79 Å². The van der Waals surface area contributed by atoms with E-state index in [0.29, 0.717) is 5.15 Å². The van der Waals surface area contributed by atoms with Gasteiger partial charge in [0.2, 0.25) is 0 Å². The van der Waals surface area contributed by atoms with Gasteiger partial charge in [-0.25, -0.2) is 9.78 Å². The Bertz CT molecular complexity index is 329. The minimum atomic E-state index is -0.647. The van der Waals surface area contributed by atoms with Gasteiger partial charge in [-0.1, -0.05) is 17.7 Å². The average Bonchev–Trinajstić information content (AvgIpc) is 2.16. The first-order valence-electron chi connectivity index (χ1n) is 3.54. The van der Waals surface area contributed by atoms with E-state index in [4.69, 9.17) is 16.3 Å². The van der Waals surface area contributed by atoms with Crippen molar-refractivity contribution in [3.63, 3.8) is 0 Å². The molecule has 1 rings (SSSR count). The van der Waals surface area contributed by atoms with Crippen molar-refractivity contribution in [3.8, 4) is 0 Å². The van der Waals surface area contributed by atoms with Crippen LogP contribution >= 0.6 is 37.2 Å². The van der Waals surface area contributed by atoms with Gasteiger partial charge in [-0.2, -0.15) is 3.71 Å². The second kappa shape index (κ2) is 8.18. The van der Waals surface area contributed by atoms with Crippen LogP contribution in [0.15, 0.2) is 18.3 Å². The number of amides is 1. The van der Waals surface area contributed by atoms with Crippen LogP contribution in [0.5, 0.6) is 0 Å². The van der Waals surface area contributed by atoms with E-state index in [1.54, 1.807) is 12.1 Å². The van der Waals surface area contributed by atoms with Gasteiger partial charge < -0.3 is 6.16 Å². The third-order valence-corrected chi connectivity index (χ3v) is 1.86. The summed E-state index contributed by atoms with van der Waals surface area (Å²) >= 11 is 12.9. The van der Waals surface area contributed by atoms with Crippen LogP contribution in [0.4, 0.5) is 4.79 Å². The van der Waals surface area contributed by atoms with Crippen LogP contribution in [0.3, 0.4) is 0 Å². The summed E-state index contributed by atoms with van der Waals surface area (Å²) in [7, 11) is 0. The number of thiol groups is 2. The number of rotatable bonds is 2. The Hall–Kier alpha value is 1.05. The topological polar surface area (TPSA) is 42.4 Å². The Kier molecular flexibility index (Phi) is 8.75. The Morgan fingerprint density at radius 2 is 2.27 bits per heavy atom. The molecular weight excluding hydrogens is 283 g/mol. The predicted octanol–water partition coefficient (Wildman–Crippen LogP) is -0.520. The monoisotopic (exact) mass is 290 g/mol. The molecule has 1 aromatic heterocycles. The van der Waals surface area contributed by atoms with Crippen molar-refractivity contribution >= 4 is 43.3 Å². The zero-order valence-electron chi connectivity index (χ0n) is 8.92. The van der Waals surface area contributed by atoms with E-state index in [0.717, 1.165) is 9.27 Å².